The van der Waals surface area contributed by atoms with Gasteiger partial charge in [0.2, 0.25) is 0 Å². The number of rotatable bonds is 5. The maximum absolute atomic E-state index is 13.4. The first-order chi connectivity index (χ1) is 13.7. The van der Waals surface area contributed by atoms with Gasteiger partial charge in [0.1, 0.15) is 16.5 Å². The van der Waals surface area contributed by atoms with Gasteiger partial charge in [-0.1, -0.05) is 42.5 Å². The summed E-state index contributed by atoms with van der Waals surface area (Å²) in [5, 5.41) is 5.65. The maximum Gasteiger partial charge on any atom is 0.270 e. The number of carbonyl (C=O) groups excluding carboxylic acids is 1. The molecular weight excluding hydrogens is 375 g/mol. The van der Waals surface area contributed by atoms with Gasteiger partial charge in [-0.2, -0.15) is 0 Å². The molecule has 28 heavy (non-hydrogen) atoms. The summed E-state index contributed by atoms with van der Waals surface area (Å²) in [4.78, 5) is 17.2. The third kappa shape index (κ3) is 3.98. The molecule has 0 unspecified atom stereocenters. The molecule has 2 heterocycles. The zero-order valence-corrected chi connectivity index (χ0v) is 16.2. The molecule has 2 aromatic carbocycles. The molecule has 144 valence electrons. The van der Waals surface area contributed by atoms with E-state index in [1.54, 1.807) is 5.38 Å². The fraction of sp³-hybridized carbons (Fsp3) is 0.273. The van der Waals surface area contributed by atoms with Crippen molar-refractivity contribution < 1.29 is 13.9 Å². The van der Waals surface area contributed by atoms with Gasteiger partial charge in [0.05, 0.1) is 0 Å². The Kier molecular flexibility index (Phi) is 5.50. The first-order valence-electron chi connectivity index (χ1n) is 9.29. The van der Waals surface area contributed by atoms with Crippen molar-refractivity contribution in [1.29, 1.82) is 0 Å². The predicted molar refractivity (Wildman–Crippen MR) is 108 cm³/mol. The van der Waals surface area contributed by atoms with Gasteiger partial charge in [-0.05, 0) is 30.5 Å². The van der Waals surface area contributed by atoms with Crippen LogP contribution in [-0.4, -0.2) is 30.6 Å². The summed E-state index contributed by atoms with van der Waals surface area (Å²) in [6, 6.07) is 16.4. The molecule has 4 rings (SSSR count). The number of nitrogens with one attached hydrogen (secondary N) is 1. The van der Waals surface area contributed by atoms with Gasteiger partial charge in [0.25, 0.3) is 5.91 Å². The van der Waals surface area contributed by atoms with Crippen LogP contribution in [0, 0.1) is 5.82 Å². The van der Waals surface area contributed by atoms with Gasteiger partial charge in [0, 0.05) is 36.1 Å². The van der Waals surface area contributed by atoms with E-state index in [-0.39, 0.29) is 17.1 Å². The van der Waals surface area contributed by atoms with Crippen molar-refractivity contribution in [3.63, 3.8) is 0 Å². The molecule has 0 bridgehead atoms. The van der Waals surface area contributed by atoms with Crippen LogP contribution in [0.1, 0.15) is 28.9 Å². The molecule has 1 amide bonds. The third-order valence-electron chi connectivity index (χ3n) is 5.25. The van der Waals surface area contributed by atoms with E-state index in [1.165, 1.54) is 23.5 Å². The van der Waals surface area contributed by atoms with E-state index in [2.05, 4.69) is 10.3 Å². The van der Waals surface area contributed by atoms with Gasteiger partial charge < -0.3 is 10.1 Å². The van der Waals surface area contributed by atoms with Crippen molar-refractivity contribution in [2.75, 3.05) is 19.8 Å². The largest absolute Gasteiger partial charge is 0.381 e. The molecule has 6 heteroatoms. The van der Waals surface area contributed by atoms with Crippen LogP contribution in [0.4, 0.5) is 4.39 Å². The molecule has 1 saturated heterocycles. The summed E-state index contributed by atoms with van der Waals surface area (Å²) in [5.41, 5.74) is 2.20. The van der Waals surface area contributed by atoms with Crippen molar-refractivity contribution in [3.8, 4) is 10.6 Å². The highest BCUT2D eigenvalue weighted by Crippen LogP contribution is 2.34. The standard InChI is InChI=1S/C22H21FN2O2S/c23-18-8-6-17(7-9-18)22(10-12-27-13-11-22)15-24-20(26)19-14-28-21(25-19)16-4-2-1-3-5-16/h1-9,14H,10-13,15H2,(H,24,26). The third-order valence-corrected chi connectivity index (χ3v) is 6.14. The molecule has 0 aliphatic carbocycles. The van der Waals surface area contributed by atoms with Gasteiger partial charge in [0.15, 0.2) is 0 Å². The lowest BCUT2D eigenvalue weighted by molar-refractivity contribution is 0.0486. The molecule has 0 radical (unpaired) electrons. The SMILES string of the molecule is O=C(NCC1(c2ccc(F)cc2)CCOCC1)c1csc(-c2ccccc2)n1. The van der Waals surface area contributed by atoms with Gasteiger partial charge in [-0.25, -0.2) is 9.37 Å². The average molecular weight is 396 g/mol. The zero-order chi connectivity index (χ0) is 19.4. The number of hydrogen-bond donors (Lipinski definition) is 1. The van der Waals surface area contributed by atoms with Crippen LogP contribution < -0.4 is 5.32 Å². The molecule has 3 aromatic rings. The van der Waals surface area contributed by atoms with Crippen molar-refractivity contribution in [3.05, 3.63) is 77.1 Å². The second-order valence-corrected chi connectivity index (χ2v) is 7.84. The molecule has 1 aliphatic heterocycles. The van der Waals surface area contributed by atoms with Gasteiger partial charge in [-0.15, -0.1) is 11.3 Å². The van der Waals surface area contributed by atoms with E-state index in [1.807, 2.05) is 42.5 Å². The molecule has 0 atom stereocenters. The second-order valence-electron chi connectivity index (χ2n) is 6.99. The summed E-state index contributed by atoms with van der Waals surface area (Å²) in [6.45, 7) is 1.73. The van der Waals surface area contributed by atoms with Crippen molar-refractivity contribution in [2.24, 2.45) is 0 Å². The van der Waals surface area contributed by atoms with Crippen LogP contribution in [0.25, 0.3) is 10.6 Å². The monoisotopic (exact) mass is 396 g/mol. The Morgan fingerprint density at radius 2 is 1.82 bits per heavy atom. The molecule has 1 aromatic heterocycles. The summed E-state index contributed by atoms with van der Waals surface area (Å²) in [5.74, 6) is -0.447. The van der Waals surface area contributed by atoms with Crippen molar-refractivity contribution in [1.82, 2.24) is 10.3 Å². The van der Waals surface area contributed by atoms with Crippen LogP contribution in [0.2, 0.25) is 0 Å². The minimum Gasteiger partial charge on any atom is -0.381 e. The topological polar surface area (TPSA) is 51.2 Å². The lowest BCUT2D eigenvalue weighted by Gasteiger charge is -2.37. The Bertz CT molecular complexity index is 935. The van der Waals surface area contributed by atoms with Crippen LogP contribution in [-0.2, 0) is 10.2 Å². The number of aromatic nitrogens is 1. The second kappa shape index (κ2) is 8.20. The molecular formula is C22H21FN2O2S. The maximum atomic E-state index is 13.4. The highest BCUT2D eigenvalue weighted by Gasteiger charge is 2.35. The molecule has 1 aliphatic rings. The molecule has 1 fully saturated rings. The Morgan fingerprint density at radius 3 is 2.54 bits per heavy atom. The minimum atomic E-state index is -0.258. The number of amides is 1. The van der Waals surface area contributed by atoms with Gasteiger partial charge in [-0.3, -0.25) is 4.79 Å². The first kappa shape index (κ1) is 18.8. The van der Waals surface area contributed by atoms with Crippen LogP contribution in [0.5, 0.6) is 0 Å². The Hall–Kier alpha value is -2.57. The lowest BCUT2D eigenvalue weighted by Crippen LogP contribution is -2.44. The van der Waals surface area contributed by atoms with Crippen LogP contribution in [0.3, 0.4) is 0 Å². The van der Waals surface area contributed by atoms with Crippen molar-refractivity contribution in [2.45, 2.75) is 18.3 Å². The van der Waals surface area contributed by atoms with E-state index in [9.17, 15) is 9.18 Å². The van der Waals surface area contributed by atoms with E-state index >= 15 is 0 Å². The van der Waals surface area contributed by atoms with Crippen LogP contribution in [0.15, 0.2) is 60.0 Å². The fourth-order valence-corrected chi connectivity index (χ4v) is 4.37. The van der Waals surface area contributed by atoms with Crippen LogP contribution >= 0.6 is 11.3 Å². The Labute approximate surface area is 167 Å². The normalized spacial score (nSPS) is 15.9. The summed E-state index contributed by atoms with van der Waals surface area (Å²) < 4.78 is 18.9. The molecule has 0 saturated carbocycles. The molecule has 4 nitrogen and oxygen atoms in total. The lowest BCUT2D eigenvalue weighted by atomic mass is 9.74. The number of carbonyl (C=O) groups is 1. The quantitative estimate of drug-likeness (QED) is 0.694. The summed E-state index contributed by atoms with van der Waals surface area (Å²) in [7, 11) is 0. The molecule has 0 spiro atoms. The minimum absolute atomic E-state index is 0.189. The molecule has 1 N–H and O–H groups in total. The predicted octanol–water partition coefficient (Wildman–Crippen LogP) is 4.43. The average Bonchev–Trinajstić information content (AvgIpc) is 3.24. The summed E-state index contributed by atoms with van der Waals surface area (Å²) >= 11 is 1.46. The Morgan fingerprint density at radius 1 is 1.11 bits per heavy atom. The number of nitrogens with zero attached hydrogens (tertiary/aromatic N) is 1. The highest BCUT2D eigenvalue weighted by atomic mass is 32.1. The fourth-order valence-electron chi connectivity index (χ4n) is 3.56. The smallest absolute Gasteiger partial charge is 0.270 e. The first-order valence-corrected chi connectivity index (χ1v) is 10.2. The van der Waals surface area contributed by atoms with E-state index in [0.29, 0.717) is 25.5 Å². The number of hydrogen-bond acceptors (Lipinski definition) is 4. The number of ether oxygens (including phenoxy) is 1. The number of thiazole rings is 1. The van der Waals surface area contributed by atoms with Gasteiger partial charge >= 0.3 is 0 Å². The zero-order valence-electron chi connectivity index (χ0n) is 15.4. The highest BCUT2D eigenvalue weighted by molar-refractivity contribution is 7.13. The number of halogens is 1. The van der Waals surface area contributed by atoms with E-state index < -0.39 is 0 Å². The Balaban J connectivity index is 1.49. The summed E-state index contributed by atoms with van der Waals surface area (Å²) in [6.07, 6.45) is 1.57. The van der Waals surface area contributed by atoms with E-state index in [4.69, 9.17) is 4.74 Å². The number of benzene rings is 2. The van der Waals surface area contributed by atoms with Crippen molar-refractivity contribution >= 4 is 17.2 Å². The van der Waals surface area contributed by atoms with E-state index in [0.717, 1.165) is 29.0 Å².